The minimum Gasteiger partial charge on any atom is -0.485 e. The zero-order chi connectivity index (χ0) is 14.0. The molecule has 1 aromatic carbocycles. The van der Waals surface area contributed by atoms with E-state index < -0.39 is 0 Å². The van der Waals surface area contributed by atoms with Crippen LogP contribution in [0.15, 0.2) is 22.7 Å². The molecule has 0 aliphatic carbocycles. The van der Waals surface area contributed by atoms with E-state index in [-0.39, 0.29) is 6.61 Å². The molecule has 2 rings (SSSR count). The fourth-order valence-corrected chi connectivity index (χ4v) is 2.52. The normalized spacial score (nSPS) is 10.8. The van der Waals surface area contributed by atoms with Gasteiger partial charge in [-0.15, -0.1) is 0 Å². The molecule has 0 saturated heterocycles. The molecule has 0 unspecified atom stereocenters. The summed E-state index contributed by atoms with van der Waals surface area (Å²) in [6, 6.07) is 5.30. The molecule has 0 atom stereocenters. The molecule has 102 valence electrons. The highest BCUT2D eigenvalue weighted by Gasteiger charge is 2.13. The highest BCUT2D eigenvalue weighted by atomic mass is 79.9. The van der Waals surface area contributed by atoms with Gasteiger partial charge in [-0.25, -0.2) is 0 Å². The molecule has 0 aliphatic rings. The van der Waals surface area contributed by atoms with Crippen molar-refractivity contribution in [3.63, 3.8) is 0 Å². The molecule has 1 heterocycles. The van der Waals surface area contributed by atoms with E-state index in [0.717, 1.165) is 15.9 Å². The molecule has 0 spiro atoms. The molecule has 0 amide bonds. The molecule has 0 radical (unpaired) electrons. The number of halogens is 2. The Morgan fingerprint density at radius 3 is 2.79 bits per heavy atom. The van der Waals surface area contributed by atoms with Crippen LogP contribution in [0.25, 0.3) is 0 Å². The van der Waals surface area contributed by atoms with Gasteiger partial charge in [0.25, 0.3) is 0 Å². The average molecular weight is 346 g/mol. The summed E-state index contributed by atoms with van der Waals surface area (Å²) >= 11 is 9.57. The van der Waals surface area contributed by atoms with Gasteiger partial charge in [0.15, 0.2) is 0 Å². The molecule has 0 fully saturated rings. The molecule has 6 heteroatoms. The first kappa shape index (κ1) is 14.4. The van der Waals surface area contributed by atoms with Gasteiger partial charge in [0.2, 0.25) is 0 Å². The smallest absolute Gasteiger partial charge is 0.143 e. The summed E-state index contributed by atoms with van der Waals surface area (Å²) in [6.07, 6.45) is 0. The van der Waals surface area contributed by atoms with Crippen LogP contribution in [-0.4, -0.2) is 14.9 Å². The van der Waals surface area contributed by atoms with Gasteiger partial charge < -0.3 is 9.84 Å². The van der Waals surface area contributed by atoms with Crippen LogP contribution in [-0.2, 0) is 20.3 Å². The van der Waals surface area contributed by atoms with Crippen molar-refractivity contribution >= 4 is 27.5 Å². The van der Waals surface area contributed by atoms with Gasteiger partial charge in [0.05, 0.1) is 27.5 Å². The number of rotatable bonds is 4. The van der Waals surface area contributed by atoms with Crippen LogP contribution in [0.4, 0.5) is 0 Å². The van der Waals surface area contributed by atoms with E-state index in [4.69, 9.17) is 16.3 Å². The summed E-state index contributed by atoms with van der Waals surface area (Å²) in [5.41, 5.74) is 2.49. The van der Waals surface area contributed by atoms with Gasteiger partial charge in [-0.3, -0.25) is 4.68 Å². The standard InChI is InChI=1S/C13H14BrClN2O2/c1-8-12(14)11(17(2)16-8)7-19-13-9(6-18)4-3-5-10(13)15/h3-5,18H,6-7H2,1-2H3. The van der Waals surface area contributed by atoms with Crippen molar-refractivity contribution in [1.29, 1.82) is 0 Å². The second kappa shape index (κ2) is 5.94. The van der Waals surface area contributed by atoms with E-state index in [1.807, 2.05) is 14.0 Å². The molecule has 0 saturated carbocycles. The summed E-state index contributed by atoms with van der Waals surface area (Å²) in [5, 5.41) is 14.1. The maximum absolute atomic E-state index is 9.29. The Morgan fingerprint density at radius 2 is 2.21 bits per heavy atom. The minimum absolute atomic E-state index is 0.110. The Hall–Kier alpha value is -1.04. The number of benzene rings is 1. The summed E-state index contributed by atoms with van der Waals surface area (Å²) in [7, 11) is 1.86. The fraction of sp³-hybridized carbons (Fsp3) is 0.308. The Labute approximate surface area is 125 Å². The highest BCUT2D eigenvalue weighted by molar-refractivity contribution is 9.10. The molecule has 19 heavy (non-hydrogen) atoms. The average Bonchev–Trinajstić information content (AvgIpc) is 2.62. The van der Waals surface area contributed by atoms with Crippen molar-refractivity contribution < 1.29 is 9.84 Å². The second-order valence-electron chi connectivity index (χ2n) is 4.14. The van der Waals surface area contributed by atoms with Crippen molar-refractivity contribution in [3.8, 4) is 5.75 Å². The number of aryl methyl sites for hydroxylation is 2. The topological polar surface area (TPSA) is 47.3 Å². The number of ether oxygens (including phenoxy) is 1. The van der Waals surface area contributed by atoms with Gasteiger partial charge in [-0.05, 0) is 28.9 Å². The van der Waals surface area contributed by atoms with E-state index in [9.17, 15) is 5.11 Å². The van der Waals surface area contributed by atoms with Gasteiger partial charge >= 0.3 is 0 Å². The van der Waals surface area contributed by atoms with E-state index in [1.165, 1.54) is 0 Å². The second-order valence-corrected chi connectivity index (χ2v) is 5.34. The van der Waals surface area contributed by atoms with Crippen LogP contribution in [0.5, 0.6) is 5.75 Å². The van der Waals surface area contributed by atoms with E-state index >= 15 is 0 Å². The highest BCUT2D eigenvalue weighted by Crippen LogP contribution is 2.30. The number of nitrogens with zero attached hydrogens (tertiary/aromatic N) is 2. The van der Waals surface area contributed by atoms with E-state index in [1.54, 1.807) is 22.9 Å². The van der Waals surface area contributed by atoms with Crippen LogP contribution >= 0.6 is 27.5 Å². The minimum atomic E-state index is -0.110. The summed E-state index contributed by atoms with van der Waals surface area (Å²) in [5.74, 6) is 0.511. The van der Waals surface area contributed by atoms with Crippen LogP contribution in [0.2, 0.25) is 5.02 Å². The fourth-order valence-electron chi connectivity index (χ4n) is 1.82. The molecule has 0 aliphatic heterocycles. The maximum atomic E-state index is 9.29. The van der Waals surface area contributed by atoms with Gasteiger partial charge in [0.1, 0.15) is 12.4 Å². The SMILES string of the molecule is Cc1nn(C)c(COc2c(Cl)cccc2CO)c1Br. The van der Waals surface area contributed by atoms with E-state index in [0.29, 0.717) is 22.9 Å². The first-order valence-electron chi connectivity index (χ1n) is 5.73. The molecule has 0 bridgehead atoms. The van der Waals surface area contributed by atoms with E-state index in [2.05, 4.69) is 21.0 Å². The number of aliphatic hydroxyl groups excluding tert-OH is 1. The van der Waals surface area contributed by atoms with Crippen molar-refractivity contribution in [1.82, 2.24) is 9.78 Å². The van der Waals surface area contributed by atoms with Gasteiger partial charge in [0, 0.05) is 12.6 Å². The molecular weight excluding hydrogens is 332 g/mol. The molecule has 2 aromatic rings. The third-order valence-electron chi connectivity index (χ3n) is 2.83. The van der Waals surface area contributed by atoms with Crippen molar-refractivity contribution in [3.05, 3.63) is 44.6 Å². The first-order chi connectivity index (χ1) is 9.04. The van der Waals surface area contributed by atoms with Crippen LogP contribution < -0.4 is 4.74 Å². The zero-order valence-electron chi connectivity index (χ0n) is 10.7. The summed E-state index contributed by atoms with van der Waals surface area (Å²) in [6.45, 7) is 2.14. The predicted octanol–water partition coefficient (Wildman–Crippen LogP) is 3.22. The van der Waals surface area contributed by atoms with Crippen molar-refractivity contribution in [2.45, 2.75) is 20.1 Å². The van der Waals surface area contributed by atoms with Crippen LogP contribution in [0.1, 0.15) is 17.0 Å². The number of hydrogen-bond donors (Lipinski definition) is 1. The Morgan fingerprint density at radius 1 is 1.47 bits per heavy atom. The summed E-state index contributed by atoms with van der Waals surface area (Å²) in [4.78, 5) is 0. The third-order valence-corrected chi connectivity index (χ3v) is 4.16. The van der Waals surface area contributed by atoms with Crippen molar-refractivity contribution in [2.75, 3.05) is 0 Å². The molecule has 4 nitrogen and oxygen atoms in total. The Bertz CT molecular complexity index is 599. The number of hydrogen-bond acceptors (Lipinski definition) is 3. The van der Waals surface area contributed by atoms with Crippen molar-refractivity contribution in [2.24, 2.45) is 7.05 Å². The quantitative estimate of drug-likeness (QED) is 0.925. The lowest BCUT2D eigenvalue weighted by Gasteiger charge is -2.12. The predicted molar refractivity (Wildman–Crippen MR) is 77.4 cm³/mol. The summed E-state index contributed by atoms with van der Waals surface area (Å²) < 4.78 is 8.42. The largest absolute Gasteiger partial charge is 0.485 e. The monoisotopic (exact) mass is 344 g/mol. The lowest BCUT2D eigenvalue weighted by Crippen LogP contribution is -2.05. The lowest BCUT2D eigenvalue weighted by molar-refractivity contribution is 0.255. The van der Waals surface area contributed by atoms with Gasteiger partial charge in [-0.2, -0.15) is 5.10 Å². The molecule has 1 aromatic heterocycles. The van der Waals surface area contributed by atoms with Crippen LogP contribution in [0.3, 0.4) is 0 Å². The van der Waals surface area contributed by atoms with Gasteiger partial charge in [-0.1, -0.05) is 23.7 Å². The zero-order valence-corrected chi connectivity index (χ0v) is 13.0. The lowest BCUT2D eigenvalue weighted by atomic mass is 10.2. The first-order valence-corrected chi connectivity index (χ1v) is 6.90. The maximum Gasteiger partial charge on any atom is 0.143 e. The Kier molecular flexibility index (Phi) is 4.50. The number of para-hydroxylation sites is 1. The Balaban J connectivity index is 2.24. The number of aliphatic hydroxyl groups is 1. The third kappa shape index (κ3) is 2.94. The molecular formula is C13H14BrClN2O2. The van der Waals surface area contributed by atoms with Crippen LogP contribution in [0, 0.1) is 6.92 Å². The molecule has 1 N–H and O–H groups in total. The number of aromatic nitrogens is 2.